The summed E-state index contributed by atoms with van der Waals surface area (Å²) in [4.78, 5) is 27.2. The second kappa shape index (κ2) is 6.84. The van der Waals surface area contributed by atoms with E-state index in [9.17, 15) is 9.59 Å². The number of carbonyl (C=O) groups excluding carboxylic acids is 2. The lowest BCUT2D eigenvalue weighted by atomic mass is 10.2. The third-order valence-corrected chi connectivity index (χ3v) is 3.21. The Morgan fingerprint density at radius 1 is 1.35 bits per heavy atom. The maximum atomic E-state index is 11.7. The Labute approximate surface area is 118 Å². The van der Waals surface area contributed by atoms with Crippen LogP contribution in [0.5, 0.6) is 0 Å². The number of amides is 2. The van der Waals surface area contributed by atoms with Gasteiger partial charge in [0.15, 0.2) is 0 Å². The standard InChI is InChI=1S/C15H19N3O2/c1-11(12-4-5-12)9-14(19)17-7-8-18-15(20)13-3-2-6-16-10-13/h2-3,6,9-10,12H,4-5,7-8H2,1H3,(H,17,19)(H,18,20)/b11-9+. The van der Waals surface area contributed by atoms with Crippen LogP contribution in [0.4, 0.5) is 0 Å². The summed E-state index contributed by atoms with van der Waals surface area (Å²) in [6.07, 6.45) is 7.16. The van der Waals surface area contributed by atoms with Gasteiger partial charge in [0.1, 0.15) is 0 Å². The van der Waals surface area contributed by atoms with Crippen LogP contribution in [-0.2, 0) is 4.79 Å². The molecule has 1 aromatic heterocycles. The molecule has 1 saturated carbocycles. The number of hydrogen-bond acceptors (Lipinski definition) is 3. The van der Waals surface area contributed by atoms with Gasteiger partial charge in [-0.1, -0.05) is 5.57 Å². The highest BCUT2D eigenvalue weighted by molar-refractivity contribution is 5.93. The van der Waals surface area contributed by atoms with E-state index in [4.69, 9.17) is 0 Å². The Kier molecular flexibility index (Phi) is 4.87. The Balaban J connectivity index is 1.65. The number of allylic oxidation sites excluding steroid dienone is 1. The fourth-order valence-corrected chi connectivity index (χ4v) is 1.88. The second-order valence-corrected chi connectivity index (χ2v) is 4.95. The molecule has 2 rings (SSSR count). The maximum absolute atomic E-state index is 11.7. The molecule has 1 aliphatic rings. The first-order valence-electron chi connectivity index (χ1n) is 6.81. The van der Waals surface area contributed by atoms with Crippen LogP contribution < -0.4 is 10.6 Å². The molecule has 0 aliphatic heterocycles. The zero-order valence-electron chi connectivity index (χ0n) is 11.6. The molecule has 1 fully saturated rings. The number of nitrogens with zero attached hydrogens (tertiary/aromatic N) is 1. The van der Waals surface area contributed by atoms with Gasteiger partial charge < -0.3 is 10.6 Å². The number of pyridine rings is 1. The number of nitrogens with one attached hydrogen (secondary N) is 2. The molecule has 0 aromatic carbocycles. The van der Waals surface area contributed by atoms with E-state index in [-0.39, 0.29) is 11.8 Å². The van der Waals surface area contributed by atoms with Crippen molar-refractivity contribution in [2.24, 2.45) is 5.92 Å². The van der Waals surface area contributed by atoms with E-state index in [2.05, 4.69) is 15.6 Å². The Morgan fingerprint density at radius 2 is 2.10 bits per heavy atom. The smallest absolute Gasteiger partial charge is 0.252 e. The average molecular weight is 273 g/mol. The quantitative estimate of drug-likeness (QED) is 0.606. The van der Waals surface area contributed by atoms with Crippen molar-refractivity contribution in [3.8, 4) is 0 Å². The van der Waals surface area contributed by atoms with Crippen LogP contribution in [0.2, 0.25) is 0 Å². The summed E-state index contributed by atoms with van der Waals surface area (Å²) in [5, 5.41) is 5.49. The van der Waals surface area contributed by atoms with E-state index in [0.717, 1.165) is 5.57 Å². The molecule has 2 amide bonds. The minimum absolute atomic E-state index is 0.0926. The van der Waals surface area contributed by atoms with Gasteiger partial charge in [-0.15, -0.1) is 0 Å². The van der Waals surface area contributed by atoms with Gasteiger partial charge in [0.05, 0.1) is 5.56 Å². The highest BCUT2D eigenvalue weighted by atomic mass is 16.2. The molecule has 1 aromatic rings. The fourth-order valence-electron chi connectivity index (χ4n) is 1.88. The van der Waals surface area contributed by atoms with Gasteiger partial charge in [-0.05, 0) is 37.8 Å². The zero-order chi connectivity index (χ0) is 14.4. The van der Waals surface area contributed by atoms with Gasteiger partial charge in [0.25, 0.3) is 5.91 Å². The molecule has 1 aliphatic carbocycles. The fraction of sp³-hybridized carbons (Fsp3) is 0.400. The van der Waals surface area contributed by atoms with Gasteiger partial charge in [-0.2, -0.15) is 0 Å². The minimum Gasteiger partial charge on any atom is -0.351 e. The first kappa shape index (κ1) is 14.2. The molecule has 106 valence electrons. The molecule has 20 heavy (non-hydrogen) atoms. The highest BCUT2D eigenvalue weighted by Gasteiger charge is 2.23. The van der Waals surface area contributed by atoms with Crippen LogP contribution >= 0.6 is 0 Å². The summed E-state index contributed by atoms with van der Waals surface area (Å²) in [5.41, 5.74) is 1.66. The SMILES string of the molecule is C/C(=C\C(=O)NCCNC(=O)c1cccnc1)C1CC1. The van der Waals surface area contributed by atoms with E-state index in [0.29, 0.717) is 24.6 Å². The van der Waals surface area contributed by atoms with Gasteiger partial charge in [0, 0.05) is 31.6 Å². The molecule has 5 nitrogen and oxygen atoms in total. The molecule has 0 radical (unpaired) electrons. The van der Waals surface area contributed by atoms with E-state index in [1.807, 2.05) is 6.92 Å². The lowest BCUT2D eigenvalue weighted by Crippen LogP contribution is -2.34. The van der Waals surface area contributed by atoms with E-state index < -0.39 is 0 Å². The van der Waals surface area contributed by atoms with Crippen LogP contribution in [-0.4, -0.2) is 29.9 Å². The van der Waals surface area contributed by atoms with Crippen molar-refractivity contribution in [3.63, 3.8) is 0 Å². The predicted molar refractivity (Wildman–Crippen MR) is 76.1 cm³/mol. The van der Waals surface area contributed by atoms with E-state index >= 15 is 0 Å². The third kappa shape index (κ3) is 4.50. The average Bonchev–Trinajstić information content (AvgIpc) is 3.29. The minimum atomic E-state index is -0.183. The zero-order valence-corrected chi connectivity index (χ0v) is 11.6. The molecule has 1 heterocycles. The molecule has 0 bridgehead atoms. The van der Waals surface area contributed by atoms with Crippen molar-refractivity contribution in [2.45, 2.75) is 19.8 Å². The number of hydrogen-bond donors (Lipinski definition) is 2. The topological polar surface area (TPSA) is 71.1 Å². The molecule has 0 atom stereocenters. The largest absolute Gasteiger partial charge is 0.351 e. The maximum Gasteiger partial charge on any atom is 0.252 e. The van der Waals surface area contributed by atoms with Crippen LogP contribution in [0.1, 0.15) is 30.1 Å². The lowest BCUT2D eigenvalue weighted by molar-refractivity contribution is -0.116. The van der Waals surface area contributed by atoms with Crippen LogP contribution in [0.3, 0.4) is 0 Å². The molecule has 2 N–H and O–H groups in total. The lowest BCUT2D eigenvalue weighted by Gasteiger charge is -2.06. The number of rotatable bonds is 6. The monoisotopic (exact) mass is 273 g/mol. The summed E-state index contributed by atoms with van der Waals surface area (Å²) in [6, 6.07) is 3.41. The van der Waals surface area contributed by atoms with Crippen molar-refractivity contribution in [1.29, 1.82) is 0 Å². The second-order valence-electron chi connectivity index (χ2n) is 4.95. The van der Waals surface area contributed by atoms with Crippen molar-refractivity contribution < 1.29 is 9.59 Å². The van der Waals surface area contributed by atoms with Gasteiger partial charge >= 0.3 is 0 Å². The van der Waals surface area contributed by atoms with Crippen molar-refractivity contribution in [1.82, 2.24) is 15.6 Å². The first-order valence-corrected chi connectivity index (χ1v) is 6.81. The molecule has 5 heteroatoms. The van der Waals surface area contributed by atoms with Crippen LogP contribution in [0.25, 0.3) is 0 Å². The first-order chi connectivity index (χ1) is 9.66. The summed E-state index contributed by atoms with van der Waals surface area (Å²) in [6.45, 7) is 2.80. The van der Waals surface area contributed by atoms with Gasteiger partial charge in [0.2, 0.25) is 5.91 Å². The molecular weight excluding hydrogens is 254 g/mol. The van der Waals surface area contributed by atoms with Crippen molar-refractivity contribution in [3.05, 3.63) is 41.7 Å². The Bertz CT molecular complexity index is 507. The molecule has 0 spiro atoms. The van der Waals surface area contributed by atoms with E-state index in [1.165, 1.54) is 19.0 Å². The van der Waals surface area contributed by atoms with E-state index in [1.54, 1.807) is 24.4 Å². The highest BCUT2D eigenvalue weighted by Crippen LogP contribution is 2.35. The predicted octanol–water partition coefficient (Wildman–Crippen LogP) is 1.28. The van der Waals surface area contributed by atoms with Crippen molar-refractivity contribution in [2.75, 3.05) is 13.1 Å². The van der Waals surface area contributed by atoms with Gasteiger partial charge in [-0.3, -0.25) is 14.6 Å². The molecular formula is C15H19N3O2. The van der Waals surface area contributed by atoms with Crippen molar-refractivity contribution >= 4 is 11.8 Å². The summed E-state index contributed by atoms with van der Waals surface area (Å²) >= 11 is 0. The number of aromatic nitrogens is 1. The van der Waals surface area contributed by atoms with Crippen LogP contribution in [0, 0.1) is 5.92 Å². The molecule has 0 unspecified atom stereocenters. The van der Waals surface area contributed by atoms with Crippen LogP contribution in [0.15, 0.2) is 36.2 Å². The summed E-state index contributed by atoms with van der Waals surface area (Å²) < 4.78 is 0. The molecule has 0 saturated heterocycles. The van der Waals surface area contributed by atoms with Gasteiger partial charge in [-0.25, -0.2) is 0 Å². The summed E-state index contributed by atoms with van der Waals surface area (Å²) in [7, 11) is 0. The third-order valence-electron chi connectivity index (χ3n) is 3.21. The summed E-state index contributed by atoms with van der Waals surface area (Å²) in [5.74, 6) is 0.327. The number of carbonyl (C=O) groups is 2. The Morgan fingerprint density at radius 3 is 2.75 bits per heavy atom. The normalized spacial score (nSPS) is 14.8. The Hall–Kier alpha value is -2.17.